The van der Waals surface area contributed by atoms with Crippen molar-refractivity contribution in [3.63, 3.8) is 0 Å². The number of ether oxygens (including phenoxy) is 2. The second-order valence-corrected chi connectivity index (χ2v) is 6.54. The van der Waals surface area contributed by atoms with E-state index in [-0.39, 0.29) is 6.10 Å². The fourth-order valence-corrected chi connectivity index (χ4v) is 3.15. The molecule has 0 amide bonds. The maximum Gasteiger partial charge on any atom is 0.164 e. The third-order valence-electron chi connectivity index (χ3n) is 3.15. The van der Waals surface area contributed by atoms with Crippen LogP contribution in [0, 0.1) is 12.3 Å². The molecule has 2 unspecified atom stereocenters. The van der Waals surface area contributed by atoms with Crippen molar-refractivity contribution in [1.29, 1.82) is 0 Å². The Morgan fingerprint density at radius 3 is 2.74 bits per heavy atom. The van der Waals surface area contributed by atoms with Crippen LogP contribution in [-0.2, 0) is 9.47 Å². The highest BCUT2D eigenvalue weighted by molar-refractivity contribution is 9.10. The molecule has 0 spiro atoms. The minimum atomic E-state index is -0.669. The first kappa shape index (κ1) is 14.9. The number of hydrogen-bond acceptors (Lipinski definition) is 2. The molecule has 2 nitrogen and oxygen atoms in total. The lowest BCUT2D eigenvalue weighted by molar-refractivity contribution is -0.159. The third kappa shape index (κ3) is 2.83. The molecule has 1 aliphatic rings. The van der Waals surface area contributed by atoms with E-state index >= 15 is 0 Å². The lowest BCUT2D eigenvalue weighted by Crippen LogP contribution is -2.32. The highest BCUT2D eigenvalue weighted by Gasteiger charge is 2.51. The molecule has 1 fully saturated rings. The average Bonchev–Trinajstić information content (AvgIpc) is 2.53. The maximum absolute atomic E-state index is 6.15. The van der Waals surface area contributed by atoms with Crippen LogP contribution in [0.25, 0.3) is 0 Å². The van der Waals surface area contributed by atoms with Gasteiger partial charge in [0.15, 0.2) is 5.79 Å². The van der Waals surface area contributed by atoms with Crippen molar-refractivity contribution in [1.82, 2.24) is 0 Å². The summed E-state index contributed by atoms with van der Waals surface area (Å²) in [6, 6.07) is 5.70. The van der Waals surface area contributed by atoms with Crippen LogP contribution >= 0.6 is 27.5 Å². The largest absolute Gasteiger partial charge is 0.340 e. The van der Waals surface area contributed by atoms with Gasteiger partial charge < -0.3 is 9.47 Å². The first-order valence-electron chi connectivity index (χ1n) is 6.04. The standard InChI is InChI=1S/C15H16BrClO2/c1-5-9-15(4)13(18-14(2,3)19-15)10-7-6-8-11(17)12(10)16/h1,6-8,13H,9H2,2-4H3. The van der Waals surface area contributed by atoms with Crippen molar-refractivity contribution in [2.24, 2.45) is 0 Å². The molecule has 1 aromatic rings. The van der Waals surface area contributed by atoms with Crippen LogP contribution in [0.5, 0.6) is 0 Å². The summed E-state index contributed by atoms with van der Waals surface area (Å²) < 4.78 is 12.9. The molecule has 2 atom stereocenters. The van der Waals surface area contributed by atoms with Gasteiger partial charge in [-0.05, 0) is 48.3 Å². The molecule has 1 aliphatic heterocycles. The Labute approximate surface area is 127 Å². The van der Waals surface area contributed by atoms with Crippen LogP contribution in [-0.4, -0.2) is 11.4 Å². The number of hydrogen-bond donors (Lipinski definition) is 0. The van der Waals surface area contributed by atoms with E-state index in [2.05, 4.69) is 21.9 Å². The first-order valence-corrected chi connectivity index (χ1v) is 7.21. The van der Waals surface area contributed by atoms with Crippen molar-refractivity contribution in [3.05, 3.63) is 33.3 Å². The molecule has 102 valence electrons. The van der Waals surface area contributed by atoms with E-state index < -0.39 is 11.4 Å². The summed E-state index contributed by atoms with van der Waals surface area (Å²) in [4.78, 5) is 0. The topological polar surface area (TPSA) is 18.5 Å². The zero-order valence-corrected chi connectivity index (χ0v) is 13.5. The van der Waals surface area contributed by atoms with Crippen LogP contribution in [0.15, 0.2) is 22.7 Å². The minimum absolute atomic E-state index is 0.258. The Hall–Kier alpha value is -0.530. The number of terminal acetylenes is 1. The predicted molar refractivity (Wildman–Crippen MR) is 80.0 cm³/mol. The molecule has 0 aliphatic carbocycles. The van der Waals surface area contributed by atoms with Crippen LogP contribution in [0.1, 0.15) is 38.9 Å². The van der Waals surface area contributed by atoms with Crippen molar-refractivity contribution in [2.45, 2.75) is 44.7 Å². The third-order valence-corrected chi connectivity index (χ3v) is 4.58. The summed E-state index contributed by atoms with van der Waals surface area (Å²) in [7, 11) is 0. The molecule has 0 saturated carbocycles. The summed E-state index contributed by atoms with van der Waals surface area (Å²) in [5, 5.41) is 0.647. The van der Waals surface area contributed by atoms with Gasteiger partial charge in [-0.3, -0.25) is 0 Å². The van der Waals surface area contributed by atoms with E-state index in [9.17, 15) is 0 Å². The summed E-state index contributed by atoms with van der Waals surface area (Å²) in [6.07, 6.45) is 5.68. The summed E-state index contributed by atoms with van der Waals surface area (Å²) in [5.41, 5.74) is 0.390. The van der Waals surface area contributed by atoms with Gasteiger partial charge in [0.05, 0.1) is 5.02 Å². The van der Waals surface area contributed by atoms with Gasteiger partial charge in [0.25, 0.3) is 0 Å². The van der Waals surface area contributed by atoms with E-state index in [0.717, 1.165) is 10.0 Å². The van der Waals surface area contributed by atoms with Gasteiger partial charge in [-0.2, -0.15) is 0 Å². The molecule has 1 saturated heterocycles. The molecule has 1 heterocycles. The fraction of sp³-hybridized carbons (Fsp3) is 0.467. The molecular weight excluding hydrogens is 328 g/mol. The van der Waals surface area contributed by atoms with Gasteiger partial charge in [-0.15, -0.1) is 12.3 Å². The predicted octanol–water partition coefficient (Wildman–Crippen LogP) is 4.71. The Balaban J connectivity index is 2.47. The van der Waals surface area contributed by atoms with Crippen LogP contribution < -0.4 is 0 Å². The van der Waals surface area contributed by atoms with E-state index in [1.165, 1.54) is 0 Å². The van der Waals surface area contributed by atoms with Gasteiger partial charge >= 0.3 is 0 Å². The molecule has 1 aromatic carbocycles. The van der Waals surface area contributed by atoms with Crippen molar-refractivity contribution < 1.29 is 9.47 Å². The molecule has 0 bridgehead atoms. The van der Waals surface area contributed by atoms with Gasteiger partial charge in [0, 0.05) is 10.9 Å². The summed E-state index contributed by atoms with van der Waals surface area (Å²) in [6.45, 7) is 5.75. The smallest absolute Gasteiger partial charge is 0.164 e. The van der Waals surface area contributed by atoms with E-state index in [4.69, 9.17) is 27.5 Å². The fourth-order valence-electron chi connectivity index (χ4n) is 2.49. The zero-order chi connectivity index (χ0) is 14.3. The van der Waals surface area contributed by atoms with Crippen LogP contribution in [0.3, 0.4) is 0 Å². The van der Waals surface area contributed by atoms with Crippen molar-refractivity contribution >= 4 is 27.5 Å². The summed E-state index contributed by atoms with van der Waals surface area (Å²) >= 11 is 9.66. The van der Waals surface area contributed by atoms with Gasteiger partial charge in [-0.1, -0.05) is 23.7 Å². The molecule has 19 heavy (non-hydrogen) atoms. The van der Waals surface area contributed by atoms with E-state index in [1.54, 1.807) is 0 Å². The van der Waals surface area contributed by atoms with Crippen LogP contribution in [0.2, 0.25) is 5.02 Å². The number of benzene rings is 1. The molecule has 0 aromatic heterocycles. The number of rotatable bonds is 2. The normalized spacial score (nSPS) is 29.2. The maximum atomic E-state index is 6.15. The van der Waals surface area contributed by atoms with Gasteiger partial charge in [-0.25, -0.2) is 0 Å². The first-order chi connectivity index (χ1) is 8.79. The molecule has 0 N–H and O–H groups in total. The highest BCUT2D eigenvalue weighted by atomic mass is 79.9. The van der Waals surface area contributed by atoms with Crippen LogP contribution in [0.4, 0.5) is 0 Å². The Morgan fingerprint density at radius 1 is 1.42 bits per heavy atom. The SMILES string of the molecule is C#CCC1(C)OC(C)(C)OC1c1cccc(Cl)c1Br. The number of halogens is 2. The average molecular weight is 344 g/mol. The molecule has 4 heteroatoms. The quantitative estimate of drug-likeness (QED) is 0.724. The Kier molecular flexibility index (Phi) is 3.99. The van der Waals surface area contributed by atoms with E-state index in [0.29, 0.717) is 11.4 Å². The van der Waals surface area contributed by atoms with Crippen molar-refractivity contribution in [3.8, 4) is 12.3 Å². The lowest BCUT2D eigenvalue weighted by atomic mass is 9.90. The van der Waals surface area contributed by atoms with Crippen molar-refractivity contribution in [2.75, 3.05) is 0 Å². The summed E-state index contributed by atoms with van der Waals surface area (Å²) in [5.74, 6) is 2.00. The van der Waals surface area contributed by atoms with Gasteiger partial charge in [0.2, 0.25) is 0 Å². The lowest BCUT2D eigenvalue weighted by Gasteiger charge is -2.27. The monoisotopic (exact) mass is 342 g/mol. The molecule has 2 rings (SSSR count). The molecular formula is C15H16BrClO2. The minimum Gasteiger partial charge on any atom is -0.340 e. The zero-order valence-electron chi connectivity index (χ0n) is 11.2. The Bertz CT molecular complexity index is 535. The highest BCUT2D eigenvalue weighted by Crippen LogP contribution is 2.49. The second kappa shape index (κ2) is 5.10. The second-order valence-electron chi connectivity index (χ2n) is 5.34. The Morgan fingerprint density at radius 2 is 2.11 bits per heavy atom. The molecule has 0 radical (unpaired) electrons. The van der Waals surface area contributed by atoms with E-state index in [1.807, 2.05) is 39.0 Å². The van der Waals surface area contributed by atoms with Gasteiger partial charge in [0.1, 0.15) is 11.7 Å².